The van der Waals surface area contributed by atoms with Crippen LogP contribution in [0.2, 0.25) is 0 Å². The molecule has 2 aliphatic rings. The predicted molar refractivity (Wildman–Crippen MR) is 129 cm³/mol. The van der Waals surface area contributed by atoms with Gasteiger partial charge in [0.25, 0.3) is 0 Å². The highest BCUT2D eigenvalue weighted by molar-refractivity contribution is 9.10. The SMILES string of the molecule is Nc1nc(OCC2CCOCC2)nc2c1cc(Br)n2Cc1ccc(CN2CCCC2)cc1. The van der Waals surface area contributed by atoms with Crippen molar-refractivity contribution in [1.82, 2.24) is 19.4 Å². The van der Waals surface area contributed by atoms with Gasteiger partial charge < -0.3 is 19.8 Å². The first-order chi connectivity index (χ1) is 15.7. The van der Waals surface area contributed by atoms with Gasteiger partial charge in [0.15, 0.2) is 5.65 Å². The number of benzene rings is 1. The number of anilines is 1. The summed E-state index contributed by atoms with van der Waals surface area (Å²) in [6.07, 6.45) is 4.65. The second-order valence-corrected chi connectivity index (χ2v) is 9.66. The van der Waals surface area contributed by atoms with Crippen molar-refractivity contribution in [2.24, 2.45) is 5.92 Å². The van der Waals surface area contributed by atoms with Crippen LogP contribution in [-0.2, 0) is 17.8 Å². The first-order valence-corrected chi connectivity index (χ1v) is 12.3. The van der Waals surface area contributed by atoms with Gasteiger partial charge in [0, 0.05) is 19.8 Å². The molecule has 8 heteroatoms. The fourth-order valence-corrected chi connectivity index (χ4v) is 5.07. The maximum absolute atomic E-state index is 6.25. The van der Waals surface area contributed by atoms with Crippen LogP contribution in [0.15, 0.2) is 34.9 Å². The molecule has 0 bridgehead atoms. The van der Waals surface area contributed by atoms with Crippen molar-refractivity contribution in [3.63, 3.8) is 0 Å². The number of hydrogen-bond acceptors (Lipinski definition) is 6. The van der Waals surface area contributed by atoms with Crippen LogP contribution in [0.4, 0.5) is 5.82 Å². The molecule has 32 heavy (non-hydrogen) atoms. The summed E-state index contributed by atoms with van der Waals surface area (Å²) in [4.78, 5) is 11.6. The number of nitrogens with two attached hydrogens (primary N) is 1. The molecule has 4 heterocycles. The molecule has 0 amide bonds. The Kier molecular flexibility index (Phi) is 6.62. The molecule has 5 rings (SSSR count). The fourth-order valence-electron chi connectivity index (χ4n) is 4.55. The third-order valence-electron chi connectivity index (χ3n) is 6.47. The highest BCUT2D eigenvalue weighted by Gasteiger charge is 2.18. The molecule has 2 aromatic heterocycles. The Bertz CT molecular complexity index is 1060. The Morgan fingerprint density at radius 2 is 1.72 bits per heavy atom. The van der Waals surface area contributed by atoms with Gasteiger partial charge in [0.2, 0.25) is 0 Å². The lowest BCUT2D eigenvalue weighted by Crippen LogP contribution is -2.22. The second kappa shape index (κ2) is 9.77. The van der Waals surface area contributed by atoms with Crippen molar-refractivity contribution >= 4 is 32.8 Å². The molecule has 2 saturated heterocycles. The van der Waals surface area contributed by atoms with Crippen LogP contribution < -0.4 is 10.5 Å². The summed E-state index contributed by atoms with van der Waals surface area (Å²) < 4.78 is 14.4. The minimum atomic E-state index is 0.342. The van der Waals surface area contributed by atoms with Crippen LogP contribution >= 0.6 is 15.9 Å². The van der Waals surface area contributed by atoms with Gasteiger partial charge in [0.05, 0.1) is 23.1 Å². The molecule has 0 spiro atoms. The lowest BCUT2D eigenvalue weighted by molar-refractivity contribution is 0.0483. The van der Waals surface area contributed by atoms with E-state index in [-0.39, 0.29) is 0 Å². The molecule has 2 N–H and O–H groups in total. The fraction of sp³-hybridized carbons (Fsp3) is 0.500. The number of hydrogen-bond donors (Lipinski definition) is 1. The lowest BCUT2D eigenvalue weighted by atomic mass is 10.0. The number of rotatable bonds is 7. The Morgan fingerprint density at radius 3 is 2.44 bits per heavy atom. The smallest absolute Gasteiger partial charge is 0.320 e. The van der Waals surface area contributed by atoms with Gasteiger partial charge >= 0.3 is 6.01 Å². The van der Waals surface area contributed by atoms with Crippen molar-refractivity contribution in [1.29, 1.82) is 0 Å². The normalized spacial score (nSPS) is 17.9. The molecule has 170 valence electrons. The van der Waals surface area contributed by atoms with Crippen LogP contribution in [-0.4, -0.2) is 52.3 Å². The van der Waals surface area contributed by atoms with Gasteiger partial charge in [-0.15, -0.1) is 0 Å². The summed E-state index contributed by atoms with van der Waals surface area (Å²) in [5.41, 5.74) is 9.61. The average molecular weight is 500 g/mol. The summed E-state index contributed by atoms with van der Waals surface area (Å²) in [6, 6.07) is 11.2. The molecule has 1 aromatic carbocycles. The first-order valence-electron chi connectivity index (χ1n) is 11.5. The van der Waals surface area contributed by atoms with E-state index >= 15 is 0 Å². The van der Waals surface area contributed by atoms with Gasteiger partial charge in [0.1, 0.15) is 5.82 Å². The van der Waals surface area contributed by atoms with E-state index in [9.17, 15) is 0 Å². The molecule has 0 unspecified atom stereocenters. The lowest BCUT2D eigenvalue weighted by Gasteiger charge is -2.21. The Labute approximate surface area is 197 Å². The highest BCUT2D eigenvalue weighted by atomic mass is 79.9. The summed E-state index contributed by atoms with van der Waals surface area (Å²) in [5.74, 6) is 0.916. The van der Waals surface area contributed by atoms with E-state index < -0.39 is 0 Å². The van der Waals surface area contributed by atoms with Crippen LogP contribution in [0, 0.1) is 5.92 Å². The van der Waals surface area contributed by atoms with Crippen molar-refractivity contribution in [2.45, 2.75) is 38.8 Å². The van der Waals surface area contributed by atoms with Crippen molar-refractivity contribution < 1.29 is 9.47 Å². The van der Waals surface area contributed by atoms with E-state index in [1.165, 1.54) is 37.1 Å². The number of halogens is 1. The zero-order valence-electron chi connectivity index (χ0n) is 18.3. The van der Waals surface area contributed by atoms with E-state index in [0.717, 1.165) is 48.2 Å². The molecule has 0 aliphatic carbocycles. The molecule has 0 radical (unpaired) electrons. The number of nitrogen functional groups attached to an aromatic ring is 1. The maximum atomic E-state index is 6.25. The van der Waals surface area contributed by atoms with E-state index in [2.05, 4.69) is 54.6 Å². The van der Waals surface area contributed by atoms with E-state index in [1.54, 1.807) is 0 Å². The molecule has 2 fully saturated rings. The number of nitrogens with zero attached hydrogens (tertiary/aromatic N) is 4. The second-order valence-electron chi connectivity index (χ2n) is 8.85. The molecule has 3 aromatic rings. The number of ether oxygens (including phenoxy) is 2. The number of fused-ring (bicyclic) bond motifs is 1. The average Bonchev–Trinajstić information content (AvgIpc) is 3.43. The zero-order chi connectivity index (χ0) is 21.9. The van der Waals surface area contributed by atoms with Crippen LogP contribution in [0.5, 0.6) is 6.01 Å². The van der Waals surface area contributed by atoms with Crippen LogP contribution in [0.1, 0.15) is 36.8 Å². The van der Waals surface area contributed by atoms with Crippen molar-refractivity contribution in [3.8, 4) is 6.01 Å². The van der Waals surface area contributed by atoms with Crippen LogP contribution in [0.25, 0.3) is 11.0 Å². The van der Waals surface area contributed by atoms with Crippen LogP contribution in [0.3, 0.4) is 0 Å². The molecular formula is C24H30BrN5O2. The summed E-state index contributed by atoms with van der Waals surface area (Å²) >= 11 is 3.68. The molecule has 2 aliphatic heterocycles. The molecule has 7 nitrogen and oxygen atoms in total. The third kappa shape index (κ3) is 4.92. The van der Waals surface area contributed by atoms with Crippen molar-refractivity contribution in [3.05, 3.63) is 46.1 Å². The summed E-state index contributed by atoms with van der Waals surface area (Å²) in [7, 11) is 0. The van der Waals surface area contributed by atoms with E-state index in [0.29, 0.717) is 30.9 Å². The van der Waals surface area contributed by atoms with E-state index in [4.69, 9.17) is 20.2 Å². The van der Waals surface area contributed by atoms with Gasteiger partial charge in [-0.3, -0.25) is 4.90 Å². The minimum absolute atomic E-state index is 0.342. The van der Waals surface area contributed by atoms with E-state index in [1.807, 2.05) is 6.07 Å². The topological polar surface area (TPSA) is 78.4 Å². The number of aromatic nitrogens is 3. The first kappa shape index (κ1) is 21.7. The summed E-state index contributed by atoms with van der Waals surface area (Å²) in [6.45, 7) is 6.34. The molecular weight excluding hydrogens is 470 g/mol. The summed E-state index contributed by atoms with van der Waals surface area (Å²) in [5, 5.41) is 0.834. The molecule has 0 atom stereocenters. The highest BCUT2D eigenvalue weighted by Crippen LogP contribution is 2.29. The standard InChI is InChI=1S/C24H30BrN5O2/c25-21-13-20-22(26)27-24(32-16-19-7-11-31-12-8-19)28-23(20)30(21)15-18-5-3-17(4-6-18)14-29-9-1-2-10-29/h3-6,13,19H,1-2,7-12,14-16H2,(H2,26,27,28). The van der Waals surface area contributed by atoms with Gasteiger partial charge in [-0.05, 0) is 77.8 Å². The van der Waals surface area contributed by atoms with Gasteiger partial charge in [-0.25, -0.2) is 0 Å². The Balaban J connectivity index is 1.32. The number of likely N-dealkylation sites (tertiary alicyclic amines) is 1. The Morgan fingerprint density at radius 1 is 1.03 bits per heavy atom. The van der Waals surface area contributed by atoms with Crippen molar-refractivity contribution in [2.75, 3.05) is 38.6 Å². The monoisotopic (exact) mass is 499 g/mol. The largest absolute Gasteiger partial charge is 0.463 e. The molecule has 0 saturated carbocycles. The zero-order valence-corrected chi connectivity index (χ0v) is 19.9. The van der Waals surface area contributed by atoms with Gasteiger partial charge in [-0.1, -0.05) is 24.3 Å². The minimum Gasteiger partial charge on any atom is -0.463 e. The Hall–Kier alpha value is -2.16. The maximum Gasteiger partial charge on any atom is 0.320 e. The third-order valence-corrected chi connectivity index (χ3v) is 7.13. The predicted octanol–water partition coefficient (Wildman–Crippen LogP) is 4.23. The van der Waals surface area contributed by atoms with Gasteiger partial charge in [-0.2, -0.15) is 9.97 Å². The quantitative estimate of drug-likeness (QED) is 0.524.